The molecule has 1 amide bonds. The van der Waals surface area contributed by atoms with Crippen molar-refractivity contribution in [2.24, 2.45) is 10.9 Å². The summed E-state index contributed by atoms with van der Waals surface area (Å²) >= 11 is 5.81. The average molecular weight is 367 g/mol. The second-order valence-corrected chi connectivity index (χ2v) is 6.23. The SMILES string of the molecule is C=N/C(=C(\C(C)=C/C)N1c2nc(Cl)c(F)cc2C(=O)NC1O)C(C)C. The number of hydrogen-bond acceptors (Lipinski definition) is 5. The van der Waals surface area contributed by atoms with E-state index >= 15 is 0 Å². The smallest absolute Gasteiger partial charge is 0.258 e. The molecule has 1 unspecified atom stereocenters. The molecule has 1 aromatic rings. The van der Waals surface area contributed by atoms with Gasteiger partial charge in [-0.1, -0.05) is 31.5 Å². The molecule has 0 fully saturated rings. The zero-order chi connectivity index (χ0) is 18.9. The Morgan fingerprint density at radius 1 is 1.60 bits per heavy atom. The average Bonchev–Trinajstić information content (AvgIpc) is 2.55. The van der Waals surface area contributed by atoms with Crippen LogP contribution in [0.3, 0.4) is 0 Å². The number of anilines is 1. The normalized spacial score (nSPS) is 18.7. The van der Waals surface area contributed by atoms with Gasteiger partial charge in [0.2, 0.25) is 6.35 Å². The van der Waals surface area contributed by atoms with Crippen LogP contribution >= 0.6 is 11.6 Å². The lowest BCUT2D eigenvalue weighted by atomic mass is 10.0. The van der Waals surface area contributed by atoms with Gasteiger partial charge in [-0.05, 0) is 38.1 Å². The van der Waals surface area contributed by atoms with Gasteiger partial charge in [0, 0.05) is 0 Å². The maximum absolute atomic E-state index is 13.8. The molecule has 0 saturated carbocycles. The molecule has 2 rings (SSSR count). The molecule has 1 aliphatic heterocycles. The third kappa shape index (κ3) is 3.43. The number of nitrogens with zero attached hydrogens (tertiary/aromatic N) is 3. The molecule has 1 aliphatic rings. The summed E-state index contributed by atoms with van der Waals surface area (Å²) in [4.78, 5) is 21.6. The van der Waals surface area contributed by atoms with Crippen molar-refractivity contribution in [1.29, 1.82) is 0 Å². The number of carbonyl (C=O) groups excluding carboxylic acids is 1. The quantitative estimate of drug-likeness (QED) is 0.487. The van der Waals surface area contributed by atoms with Crippen molar-refractivity contribution in [1.82, 2.24) is 10.3 Å². The van der Waals surface area contributed by atoms with Crippen molar-refractivity contribution < 1.29 is 14.3 Å². The molecule has 2 heterocycles. The minimum absolute atomic E-state index is 0.0217. The number of amides is 1. The lowest BCUT2D eigenvalue weighted by Gasteiger charge is -2.37. The van der Waals surface area contributed by atoms with Crippen LogP contribution in [-0.4, -0.2) is 29.1 Å². The molecular weight excluding hydrogens is 347 g/mol. The van der Waals surface area contributed by atoms with E-state index in [0.29, 0.717) is 11.4 Å². The van der Waals surface area contributed by atoms with Gasteiger partial charge in [0.05, 0.1) is 17.0 Å². The molecule has 2 N–H and O–H groups in total. The highest BCUT2D eigenvalue weighted by atomic mass is 35.5. The van der Waals surface area contributed by atoms with Crippen molar-refractivity contribution >= 4 is 30.0 Å². The fourth-order valence-corrected chi connectivity index (χ4v) is 2.73. The second-order valence-electron chi connectivity index (χ2n) is 5.87. The van der Waals surface area contributed by atoms with Crippen LogP contribution in [0.5, 0.6) is 0 Å². The van der Waals surface area contributed by atoms with Gasteiger partial charge in [0.25, 0.3) is 5.91 Å². The monoisotopic (exact) mass is 366 g/mol. The Balaban J connectivity index is 2.83. The van der Waals surface area contributed by atoms with Crippen molar-refractivity contribution in [2.45, 2.75) is 34.0 Å². The number of hydrogen-bond donors (Lipinski definition) is 2. The minimum atomic E-state index is -1.41. The molecule has 8 heteroatoms. The molecule has 6 nitrogen and oxygen atoms in total. The second kappa shape index (κ2) is 7.33. The summed E-state index contributed by atoms with van der Waals surface area (Å²) in [5, 5.41) is 12.5. The minimum Gasteiger partial charge on any atom is -0.356 e. The summed E-state index contributed by atoms with van der Waals surface area (Å²) in [6.45, 7) is 11.1. The molecule has 0 aromatic carbocycles. The molecule has 134 valence electrons. The number of fused-ring (bicyclic) bond motifs is 1. The van der Waals surface area contributed by atoms with Crippen LogP contribution < -0.4 is 10.2 Å². The van der Waals surface area contributed by atoms with Gasteiger partial charge in [0.1, 0.15) is 0 Å². The molecule has 0 radical (unpaired) electrons. The molecule has 1 atom stereocenters. The number of rotatable bonds is 4. The van der Waals surface area contributed by atoms with Crippen LogP contribution in [0.2, 0.25) is 5.15 Å². The number of aliphatic hydroxyl groups excluding tert-OH is 1. The number of allylic oxidation sites excluding steroid dienone is 3. The Morgan fingerprint density at radius 2 is 2.24 bits per heavy atom. The topological polar surface area (TPSA) is 77.8 Å². The third-order valence-electron chi connectivity index (χ3n) is 3.90. The van der Waals surface area contributed by atoms with Crippen LogP contribution in [0.4, 0.5) is 10.2 Å². The lowest BCUT2D eigenvalue weighted by molar-refractivity contribution is 0.0758. The van der Waals surface area contributed by atoms with E-state index in [4.69, 9.17) is 11.6 Å². The van der Waals surface area contributed by atoms with Crippen molar-refractivity contribution in [3.63, 3.8) is 0 Å². The Morgan fingerprint density at radius 3 is 2.76 bits per heavy atom. The maximum Gasteiger partial charge on any atom is 0.258 e. The van der Waals surface area contributed by atoms with Crippen molar-refractivity contribution in [2.75, 3.05) is 4.90 Å². The molecule has 0 saturated heterocycles. The van der Waals surface area contributed by atoms with E-state index in [9.17, 15) is 14.3 Å². The van der Waals surface area contributed by atoms with Crippen molar-refractivity contribution in [3.05, 3.63) is 45.6 Å². The summed E-state index contributed by atoms with van der Waals surface area (Å²) in [7, 11) is 0. The van der Waals surface area contributed by atoms with Crippen LogP contribution in [-0.2, 0) is 0 Å². The summed E-state index contributed by atoms with van der Waals surface area (Å²) in [6.07, 6.45) is 0.422. The zero-order valence-electron chi connectivity index (χ0n) is 14.5. The van der Waals surface area contributed by atoms with Gasteiger partial charge in [-0.25, -0.2) is 9.37 Å². The number of nitrogens with one attached hydrogen (secondary N) is 1. The summed E-state index contributed by atoms with van der Waals surface area (Å²) in [5.74, 6) is -1.42. The number of aliphatic imine (C=N–C) groups is 1. The largest absolute Gasteiger partial charge is 0.356 e. The van der Waals surface area contributed by atoms with Crippen LogP contribution in [0.25, 0.3) is 0 Å². The number of carbonyl (C=O) groups is 1. The van der Waals surface area contributed by atoms with Gasteiger partial charge in [0.15, 0.2) is 16.8 Å². The lowest BCUT2D eigenvalue weighted by Crippen LogP contribution is -2.53. The maximum atomic E-state index is 13.8. The third-order valence-corrected chi connectivity index (χ3v) is 4.16. The fraction of sp³-hybridized carbons (Fsp3) is 0.353. The predicted molar refractivity (Wildman–Crippen MR) is 96.0 cm³/mol. The van der Waals surface area contributed by atoms with E-state index in [1.807, 2.05) is 33.8 Å². The van der Waals surface area contributed by atoms with Crippen molar-refractivity contribution in [3.8, 4) is 0 Å². The summed E-state index contributed by atoms with van der Waals surface area (Å²) < 4.78 is 13.8. The number of aliphatic hydroxyl groups is 1. The first kappa shape index (κ1) is 19.1. The first-order valence-corrected chi connectivity index (χ1v) is 8.09. The Hall–Kier alpha value is -2.25. The van der Waals surface area contributed by atoms with E-state index in [0.717, 1.165) is 11.6 Å². The highest BCUT2D eigenvalue weighted by molar-refractivity contribution is 6.29. The molecule has 0 spiro atoms. The Bertz CT molecular complexity index is 789. The van der Waals surface area contributed by atoms with Gasteiger partial charge >= 0.3 is 0 Å². The fourth-order valence-electron chi connectivity index (χ4n) is 2.59. The summed E-state index contributed by atoms with van der Waals surface area (Å²) in [5.41, 5.74) is 1.87. The molecular formula is C17H20ClFN4O2. The van der Waals surface area contributed by atoms with E-state index in [1.54, 1.807) is 0 Å². The summed E-state index contributed by atoms with van der Waals surface area (Å²) in [6, 6.07) is 0.998. The predicted octanol–water partition coefficient (Wildman–Crippen LogP) is 3.23. The molecule has 25 heavy (non-hydrogen) atoms. The van der Waals surface area contributed by atoms with Gasteiger partial charge < -0.3 is 10.4 Å². The first-order valence-electron chi connectivity index (χ1n) is 7.71. The number of aromatic nitrogens is 1. The van der Waals surface area contributed by atoms with E-state index in [1.165, 1.54) is 4.90 Å². The molecule has 1 aromatic heterocycles. The van der Waals surface area contributed by atoms with Gasteiger partial charge in [-0.2, -0.15) is 0 Å². The van der Waals surface area contributed by atoms with E-state index in [-0.39, 0.29) is 22.5 Å². The van der Waals surface area contributed by atoms with E-state index in [2.05, 4.69) is 22.0 Å². The number of pyridine rings is 1. The molecule has 0 aliphatic carbocycles. The van der Waals surface area contributed by atoms with Gasteiger partial charge in [-0.3, -0.25) is 14.7 Å². The Kier molecular flexibility index (Phi) is 5.59. The first-order chi connectivity index (χ1) is 11.7. The van der Waals surface area contributed by atoms with Gasteiger partial charge in [-0.15, -0.1) is 0 Å². The zero-order valence-corrected chi connectivity index (χ0v) is 15.2. The van der Waals surface area contributed by atoms with Crippen LogP contribution in [0, 0.1) is 11.7 Å². The molecule has 0 bridgehead atoms. The standard InChI is InChI=1S/C17H20ClFN4O2/c1-6-9(4)13(12(20-5)8(2)3)23-15-10(16(24)22-17(23)25)7-11(19)14(18)21-15/h6-8,17,25H,5H2,1-4H3,(H,22,24)/b9-6-,13-12+. The Labute approximate surface area is 150 Å². The van der Waals surface area contributed by atoms with Crippen LogP contribution in [0.1, 0.15) is 38.1 Å². The number of halogens is 2. The highest BCUT2D eigenvalue weighted by Crippen LogP contribution is 2.35. The highest BCUT2D eigenvalue weighted by Gasteiger charge is 2.36. The van der Waals surface area contributed by atoms with Crippen LogP contribution in [0.15, 0.2) is 34.1 Å². The van der Waals surface area contributed by atoms with E-state index < -0.39 is 18.1 Å².